The van der Waals surface area contributed by atoms with Gasteiger partial charge in [0.2, 0.25) is 0 Å². The molecule has 1 unspecified atom stereocenters. The van der Waals surface area contributed by atoms with Gasteiger partial charge in [-0.3, -0.25) is 0 Å². The van der Waals surface area contributed by atoms with Crippen molar-refractivity contribution in [2.75, 3.05) is 6.61 Å². The van der Waals surface area contributed by atoms with Crippen LogP contribution in [-0.4, -0.2) is 6.61 Å². The van der Waals surface area contributed by atoms with Crippen LogP contribution >= 0.6 is 0 Å². The maximum Gasteiger partial charge on any atom is 0.0826 e. The molecule has 0 spiro atoms. The monoisotopic (exact) mass is 177 g/mol. The topological polar surface area (TPSA) is 9.23 Å². The zero-order valence-electron chi connectivity index (χ0n) is 8.36. The third kappa shape index (κ3) is 3.60. The van der Waals surface area contributed by atoms with E-state index in [0.29, 0.717) is 5.92 Å². The van der Waals surface area contributed by atoms with Gasteiger partial charge in [0, 0.05) is 6.61 Å². The lowest BCUT2D eigenvalue weighted by Crippen LogP contribution is -2.06. The highest BCUT2D eigenvalue weighted by Gasteiger charge is 2.05. The van der Waals surface area contributed by atoms with E-state index in [1.54, 1.807) is 0 Å². The Balaban J connectivity index is 2.44. The van der Waals surface area contributed by atoms with E-state index in [2.05, 4.69) is 20.8 Å². The Morgan fingerprint density at radius 2 is 1.85 bits per heavy atom. The minimum absolute atomic E-state index is 0.0383. The summed E-state index contributed by atoms with van der Waals surface area (Å²) in [5, 5.41) is 0. The van der Waals surface area contributed by atoms with E-state index in [4.69, 9.17) is 4.74 Å². The van der Waals surface area contributed by atoms with E-state index in [1.807, 2.05) is 30.3 Å². The van der Waals surface area contributed by atoms with Crippen molar-refractivity contribution in [3.05, 3.63) is 42.8 Å². The molecule has 0 aliphatic heterocycles. The van der Waals surface area contributed by atoms with Gasteiger partial charge in [0.25, 0.3) is 0 Å². The van der Waals surface area contributed by atoms with Crippen LogP contribution in [-0.2, 0) is 4.74 Å². The zero-order chi connectivity index (χ0) is 9.68. The molecule has 0 saturated carbocycles. The van der Waals surface area contributed by atoms with Crippen LogP contribution in [0.2, 0.25) is 0 Å². The predicted molar refractivity (Wildman–Crippen MR) is 55.3 cm³/mol. The number of ether oxygens (including phenoxy) is 1. The summed E-state index contributed by atoms with van der Waals surface area (Å²) in [6.07, 6.45) is -0.0383. The molecule has 1 atom stereocenters. The Kier molecular flexibility index (Phi) is 3.97. The van der Waals surface area contributed by atoms with Crippen LogP contribution in [0.4, 0.5) is 0 Å². The number of hydrogen-bond acceptors (Lipinski definition) is 1. The first-order valence-corrected chi connectivity index (χ1v) is 4.69. The quantitative estimate of drug-likeness (QED) is 0.686. The summed E-state index contributed by atoms with van der Waals surface area (Å²) in [7, 11) is 0. The number of hydrogen-bond donors (Lipinski definition) is 0. The molecule has 1 rings (SSSR count). The van der Waals surface area contributed by atoms with Gasteiger partial charge in [-0.05, 0) is 18.4 Å². The Labute approximate surface area is 80.7 Å². The lowest BCUT2D eigenvalue weighted by Gasteiger charge is -2.14. The maximum atomic E-state index is 5.58. The molecule has 1 aromatic carbocycles. The molecule has 0 saturated heterocycles. The highest BCUT2D eigenvalue weighted by molar-refractivity contribution is 5.18. The third-order valence-corrected chi connectivity index (χ3v) is 1.80. The van der Waals surface area contributed by atoms with Crippen LogP contribution in [0, 0.1) is 12.8 Å². The lowest BCUT2D eigenvalue weighted by atomic mass is 10.1. The van der Waals surface area contributed by atoms with Gasteiger partial charge in [-0.2, -0.15) is 0 Å². The summed E-state index contributed by atoms with van der Waals surface area (Å²) in [6.45, 7) is 9.00. The molecule has 1 heteroatoms. The van der Waals surface area contributed by atoms with Crippen LogP contribution in [0.3, 0.4) is 0 Å². The predicted octanol–water partition coefficient (Wildman–Crippen LogP) is 3.23. The van der Waals surface area contributed by atoms with Gasteiger partial charge in [0.1, 0.15) is 0 Å². The van der Waals surface area contributed by atoms with E-state index >= 15 is 0 Å². The highest BCUT2D eigenvalue weighted by Crippen LogP contribution is 2.16. The van der Waals surface area contributed by atoms with Gasteiger partial charge >= 0.3 is 0 Å². The molecule has 13 heavy (non-hydrogen) atoms. The molecule has 1 nitrogen and oxygen atoms in total. The first-order valence-electron chi connectivity index (χ1n) is 4.69. The van der Waals surface area contributed by atoms with Crippen LogP contribution in [0.15, 0.2) is 30.3 Å². The van der Waals surface area contributed by atoms with Gasteiger partial charge in [-0.15, -0.1) is 0 Å². The molecule has 0 heterocycles. The van der Waals surface area contributed by atoms with Crippen molar-refractivity contribution < 1.29 is 4.74 Å². The summed E-state index contributed by atoms with van der Waals surface area (Å²) >= 11 is 0. The lowest BCUT2D eigenvalue weighted by molar-refractivity contribution is 0.0631. The Bertz CT molecular complexity index is 228. The Morgan fingerprint density at radius 3 is 2.38 bits per heavy atom. The zero-order valence-corrected chi connectivity index (χ0v) is 8.36. The average molecular weight is 177 g/mol. The summed E-state index contributed by atoms with van der Waals surface area (Å²) in [5.41, 5.74) is 1.14. The minimum Gasteiger partial charge on any atom is -0.373 e. The standard InChI is InChI=1S/C12H17O/c1-10(2)9-13-11(3)12-7-5-4-6-8-12/h4-8,10-11H,3,9H2,1-2H3. The highest BCUT2D eigenvalue weighted by atomic mass is 16.5. The van der Waals surface area contributed by atoms with Crippen molar-refractivity contribution in [3.63, 3.8) is 0 Å². The van der Waals surface area contributed by atoms with Crippen molar-refractivity contribution in [3.8, 4) is 0 Å². The molecule has 1 radical (unpaired) electrons. The molecule has 71 valence electrons. The Morgan fingerprint density at radius 1 is 1.23 bits per heavy atom. The molecule has 1 aromatic rings. The van der Waals surface area contributed by atoms with E-state index in [9.17, 15) is 0 Å². The molecule has 0 aromatic heterocycles. The van der Waals surface area contributed by atoms with E-state index in [1.165, 1.54) is 0 Å². The smallest absolute Gasteiger partial charge is 0.0826 e. The van der Waals surface area contributed by atoms with Gasteiger partial charge in [0.15, 0.2) is 0 Å². The van der Waals surface area contributed by atoms with Crippen LogP contribution in [0.5, 0.6) is 0 Å². The van der Waals surface area contributed by atoms with Crippen LogP contribution < -0.4 is 0 Å². The molecule has 0 aliphatic rings. The molecule has 0 aliphatic carbocycles. The Hall–Kier alpha value is -0.820. The minimum atomic E-state index is -0.0383. The summed E-state index contributed by atoms with van der Waals surface area (Å²) in [6, 6.07) is 10.1. The maximum absolute atomic E-state index is 5.58. The first-order chi connectivity index (χ1) is 6.20. The molecular weight excluding hydrogens is 160 g/mol. The van der Waals surface area contributed by atoms with Crippen molar-refractivity contribution in [2.24, 2.45) is 5.92 Å². The van der Waals surface area contributed by atoms with Crippen molar-refractivity contribution in [1.82, 2.24) is 0 Å². The SMILES string of the molecule is [CH2]C(OCC(C)C)c1ccccc1. The molecule has 0 fully saturated rings. The molecular formula is C12H17O. The largest absolute Gasteiger partial charge is 0.373 e. The second kappa shape index (κ2) is 5.03. The van der Waals surface area contributed by atoms with E-state index in [0.717, 1.165) is 12.2 Å². The van der Waals surface area contributed by atoms with E-state index in [-0.39, 0.29) is 6.10 Å². The average Bonchev–Trinajstić information content (AvgIpc) is 2.15. The fraction of sp³-hybridized carbons (Fsp3) is 0.417. The van der Waals surface area contributed by atoms with Crippen LogP contribution in [0.1, 0.15) is 25.5 Å². The van der Waals surface area contributed by atoms with Gasteiger partial charge in [-0.1, -0.05) is 44.2 Å². The number of rotatable bonds is 4. The van der Waals surface area contributed by atoms with Crippen LogP contribution in [0.25, 0.3) is 0 Å². The van der Waals surface area contributed by atoms with Gasteiger partial charge < -0.3 is 4.74 Å². The fourth-order valence-corrected chi connectivity index (χ4v) is 1.07. The third-order valence-electron chi connectivity index (χ3n) is 1.80. The molecule has 0 amide bonds. The van der Waals surface area contributed by atoms with E-state index < -0.39 is 0 Å². The summed E-state index contributed by atoms with van der Waals surface area (Å²) < 4.78 is 5.58. The van der Waals surface area contributed by atoms with Gasteiger partial charge in [0.05, 0.1) is 6.10 Å². The van der Waals surface area contributed by atoms with Crippen molar-refractivity contribution in [1.29, 1.82) is 0 Å². The molecule has 0 bridgehead atoms. The molecule has 0 N–H and O–H groups in total. The summed E-state index contributed by atoms with van der Waals surface area (Å²) in [4.78, 5) is 0. The summed E-state index contributed by atoms with van der Waals surface area (Å²) in [5.74, 6) is 0.563. The fourth-order valence-electron chi connectivity index (χ4n) is 1.07. The second-order valence-corrected chi connectivity index (χ2v) is 3.63. The normalized spacial score (nSPS) is 13.2. The van der Waals surface area contributed by atoms with Crippen molar-refractivity contribution in [2.45, 2.75) is 20.0 Å². The second-order valence-electron chi connectivity index (χ2n) is 3.63. The first kappa shape index (κ1) is 10.3. The number of benzene rings is 1. The van der Waals surface area contributed by atoms with Gasteiger partial charge in [-0.25, -0.2) is 0 Å². The van der Waals surface area contributed by atoms with Crippen molar-refractivity contribution >= 4 is 0 Å².